The lowest BCUT2D eigenvalue weighted by molar-refractivity contribution is -0.150. The zero-order valence-corrected chi connectivity index (χ0v) is 16.3. The molecule has 0 radical (unpaired) electrons. The number of ether oxygens (including phenoxy) is 2. The Morgan fingerprint density at radius 2 is 2.00 bits per heavy atom. The summed E-state index contributed by atoms with van der Waals surface area (Å²) in [4.78, 5) is 29.6. The Hall–Kier alpha value is -3.14. The summed E-state index contributed by atoms with van der Waals surface area (Å²) in [5.74, 6) is -0.305. The number of hydrogen-bond acceptors (Lipinski definition) is 7. The number of anilines is 2. The first-order valence-electron chi connectivity index (χ1n) is 8.48. The molecule has 2 amide bonds. The second-order valence-electron chi connectivity index (χ2n) is 5.94. The molecule has 1 aliphatic rings. The van der Waals surface area contributed by atoms with Crippen molar-refractivity contribution in [3.63, 3.8) is 0 Å². The summed E-state index contributed by atoms with van der Waals surface area (Å²) < 4.78 is 37.1. The Morgan fingerprint density at radius 3 is 2.64 bits per heavy atom. The van der Waals surface area contributed by atoms with Crippen LogP contribution in [0.2, 0.25) is 0 Å². The number of benzene rings is 1. The van der Waals surface area contributed by atoms with Crippen LogP contribution in [0.15, 0.2) is 47.5 Å². The number of rotatable bonds is 5. The molecule has 1 aromatic heterocycles. The first-order chi connectivity index (χ1) is 13.3. The molecule has 1 unspecified atom stereocenters. The molecule has 9 nitrogen and oxygen atoms in total. The molecule has 10 heteroatoms. The average Bonchev–Trinajstić information content (AvgIpc) is 2.67. The highest BCUT2D eigenvalue weighted by Crippen LogP contribution is 2.38. The second kappa shape index (κ2) is 7.47. The van der Waals surface area contributed by atoms with E-state index in [9.17, 15) is 18.0 Å². The van der Waals surface area contributed by atoms with Crippen LogP contribution in [0, 0.1) is 0 Å². The molecule has 2 aromatic rings. The van der Waals surface area contributed by atoms with Gasteiger partial charge in [0.25, 0.3) is 10.0 Å². The lowest BCUT2D eigenvalue weighted by atomic mass is 10.2. The number of sulfonamides is 1. The standard InChI is InChI=1S/C18H19N3O6S/c1-4-26-17(22)12(2)27-13-8-9-15-14(11-13)20(3)18(23)21(28(15,24)25)16-7-5-6-10-19-16/h5-12H,4H2,1-3H3. The van der Waals surface area contributed by atoms with Crippen molar-refractivity contribution >= 4 is 33.5 Å². The summed E-state index contributed by atoms with van der Waals surface area (Å²) in [6, 6.07) is 8.03. The van der Waals surface area contributed by atoms with Gasteiger partial charge in [0, 0.05) is 19.3 Å². The molecule has 1 atom stereocenters. The number of carbonyl (C=O) groups excluding carboxylic acids is 2. The number of esters is 1. The molecule has 0 aliphatic carbocycles. The van der Waals surface area contributed by atoms with Crippen LogP contribution in [-0.4, -0.2) is 45.2 Å². The maximum atomic E-state index is 13.0. The van der Waals surface area contributed by atoms with Gasteiger partial charge in [0.15, 0.2) is 11.9 Å². The predicted octanol–water partition coefficient (Wildman–Crippen LogP) is 2.18. The van der Waals surface area contributed by atoms with Gasteiger partial charge < -0.3 is 9.47 Å². The Kier molecular flexibility index (Phi) is 5.23. The van der Waals surface area contributed by atoms with Crippen LogP contribution in [0.1, 0.15) is 13.8 Å². The van der Waals surface area contributed by atoms with Crippen molar-refractivity contribution in [1.29, 1.82) is 0 Å². The second-order valence-corrected chi connectivity index (χ2v) is 7.70. The van der Waals surface area contributed by atoms with Crippen molar-refractivity contribution in [2.75, 3.05) is 22.9 Å². The van der Waals surface area contributed by atoms with E-state index in [-0.39, 0.29) is 28.8 Å². The molecule has 0 saturated heterocycles. The number of fused-ring (bicyclic) bond motifs is 1. The van der Waals surface area contributed by atoms with Gasteiger partial charge in [-0.1, -0.05) is 6.07 Å². The molecule has 148 valence electrons. The average molecular weight is 405 g/mol. The Bertz CT molecular complexity index is 1010. The summed E-state index contributed by atoms with van der Waals surface area (Å²) in [7, 11) is -2.71. The van der Waals surface area contributed by atoms with Gasteiger partial charge in [-0.15, -0.1) is 0 Å². The van der Waals surface area contributed by atoms with Crippen molar-refractivity contribution in [3.8, 4) is 5.75 Å². The van der Waals surface area contributed by atoms with Crippen molar-refractivity contribution in [1.82, 2.24) is 4.98 Å². The zero-order chi connectivity index (χ0) is 20.5. The minimum absolute atomic E-state index is 0.00117. The Morgan fingerprint density at radius 1 is 1.25 bits per heavy atom. The molecule has 0 fully saturated rings. The molecule has 0 N–H and O–H groups in total. The fraction of sp³-hybridized carbons (Fsp3) is 0.278. The lowest BCUT2D eigenvalue weighted by Crippen LogP contribution is -2.49. The molecule has 0 bridgehead atoms. The summed E-state index contributed by atoms with van der Waals surface area (Å²) in [5, 5.41) is 0. The van der Waals surface area contributed by atoms with Crippen molar-refractivity contribution in [2.24, 2.45) is 0 Å². The quantitative estimate of drug-likeness (QED) is 0.702. The lowest BCUT2D eigenvalue weighted by Gasteiger charge is -2.33. The highest BCUT2D eigenvalue weighted by atomic mass is 32.2. The van der Waals surface area contributed by atoms with Crippen LogP contribution in [0.3, 0.4) is 0 Å². The van der Waals surface area contributed by atoms with Crippen LogP contribution in [0.25, 0.3) is 0 Å². The van der Waals surface area contributed by atoms with E-state index in [0.29, 0.717) is 4.31 Å². The van der Waals surface area contributed by atoms with Crippen LogP contribution >= 0.6 is 0 Å². The molecule has 0 saturated carbocycles. The van der Waals surface area contributed by atoms with Gasteiger partial charge in [-0.05, 0) is 38.1 Å². The number of aromatic nitrogens is 1. The van der Waals surface area contributed by atoms with Crippen LogP contribution in [0.4, 0.5) is 16.3 Å². The summed E-state index contributed by atoms with van der Waals surface area (Å²) >= 11 is 0. The van der Waals surface area contributed by atoms with Crippen molar-refractivity contribution < 1.29 is 27.5 Å². The van der Waals surface area contributed by atoms with Crippen LogP contribution in [0.5, 0.6) is 5.75 Å². The van der Waals surface area contributed by atoms with Crippen molar-refractivity contribution in [3.05, 3.63) is 42.6 Å². The fourth-order valence-electron chi connectivity index (χ4n) is 2.70. The van der Waals surface area contributed by atoms with Gasteiger partial charge in [0.1, 0.15) is 10.6 Å². The minimum atomic E-state index is -4.16. The molecule has 3 rings (SSSR count). The van der Waals surface area contributed by atoms with Crippen LogP contribution < -0.4 is 13.9 Å². The maximum Gasteiger partial charge on any atom is 0.347 e. The molecule has 28 heavy (non-hydrogen) atoms. The van der Waals surface area contributed by atoms with E-state index in [4.69, 9.17) is 9.47 Å². The minimum Gasteiger partial charge on any atom is -0.479 e. The normalized spacial score (nSPS) is 16.3. The zero-order valence-electron chi connectivity index (χ0n) is 15.5. The molecule has 2 heterocycles. The highest BCUT2D eigenvalue weighted by molar-refractivity contribution is 7.94. The maximum absolute atomic E-state index is 13.0. The highest BCUT2D eigenvalue weighted by Gasteiger charge is 2.42. The molecule has 0 spiro atoms. The van der Waals surface area contributed by atoms with E-state index in [2.05, 4.69) is 4.98 Å². The van der Waals surface area contributed by atoms with Crippen LogP contribution in [-0.2, 0) is 19.6 Å². The predicted molar refractivity (Wildman–Crippen MR) is 101 cm³/mol. The Labute approximate surface area is 162 Å². The van der Waals surface area contributed by atoms with Gasteiger partial charge in [-0.2, -0.15) is 4.31 Å². The van der Waals surface area contributed by atoms with Gasteiger partial charge in [-0.3, -0.25) is 4.90 Å². The van der Waals surface area contributed by atoms with Crippen molar-refractivity contribution in [2.45, 2.75) is 24.8 Å². The first kappa shape index (κ1) is 19.6. The molecule has 1 aromatic carbocycles. The van der Waals surface area contributed by atoms with E-state index in [0.717, 1.165) is 0 Å². The summed E-state index contributed by atoms with van der Waals surface area (Å²) in [6.07, 6.45) is 0.519. The van der Waals surface area contributed by atoms with E-state index in [1.807, 2.05) is 0 Å². The largest absolute Gasteiger partial charge is 0.479 e. The van der Waals surface area contributed by atoms with Gasteiger partial charge in [0.2, 0.25) is 0 Å². The third-order valence-electron chi connectivity index (χ3n) is 4.06. The SMILES string of the molecule is CCOC(=O)C(C)Oc1ccc2c(c1)N(C)C(=O)N(c1ccccn1)S2(=O)=O. The van der Waals surface area contributed by atoms with Gasteiger partial charge in [-0.25, -0.2) is 23.0 Å². The summed E-state index contributed by atoms with van der Waals surface area (Å²) in [5.41, 5.74) is 0.144. The Balaban J connectivity index is 1.99. The smallest absolute Gasteiger partial charge is 0.347 e. The summed E-state index contributed by atoms with van der Waals surface area (Å²) in [6.45, 7) is 3.42. The van der Waals surface area contributed by atoms with Gasteiger partial charge >= 0.3 is 12.0 Å². The first-order valence-corrected chi connectivity index (χ1v) is 9.92. The number of nitrogens with zero attached hydrogens (tertiary/aromatic N) is 3. The third kappa shape index (κ3) is 3.38. The molecule has 1 aliphatic heterocycles. The number of hydrogen-bond donors (Lipinski definition) is 0. The van der Waals surface area contributed by atoms with E-state index in [1.54, 1.807) is 19.1 Å². The van der Waals surface area contributed by atoms with E-state index in [1.165, 1.54) is 49.3 Å². The number of pyridine rings is 1. The number of carbonyl (C=O) groups is 2. The van der Waals surface area contributed by atoms with Gasteiger partial charge in [0.05, 0.1) is 12.3 Å². The number of urea groups is 1. The monoisotopic (exact) mass is 405 g/mol. The van der Waals surface area contributed by atoms with E-state index < -0.39 is 28.1 Å². The van der Waals surface area contributed by atoms with E-state index >= 15 is 0 Å². The molecular formula is C18H19N3O6S. The topological polar surface area (TPSA) is 106 Å². The molecular weight excluding hydrogens is 386 g/mol. The number of amides is 2. The third-order valence-corrected chi connectivity index (χ3v) is 5.78. The fourth-order valence-corrected chi connectivity index (χ4v) is 4.28.